The van der Waals surface area contributed by atoms with E-state index in [2.05, 4.69) is 22.6 Å². The maximum absolute atomic E-state index is 12.5. The third-order valence-electron chi connectivity index (χ3n) is 3.06. The van der Waals surface area contributed by atoms with Crippen LogP contribution in [0.25, 0.3) is 0 Å². The molecule has 1 aliphatic rings. The highest BCUT2D eigenvalue weighted by Gasteiger charge is 2.30. The first kappa shape index (κ1) is 14.3. The van der Waals surface area contributed by atoms with Crippen molar-refractivity contribution >= 4 is 34.5 Å². The number of nitrogens with zero attached hydrogens (tertiary/aromatic N) is 1. The Bertz CT molecular complexity index is 497. The van der Waals surface area contributed by atoms with E-state index in [1.54, 1.807) is 4.90 Å². The zero-order chi connectivity index (χ0) is 14.0. The van der Waals surface area contributed by atoms with Crippen LogP contribution < -0.4 is 0 Å². The summed E-state index contributed by atoms with van der Waals surface area (Å²) in [5.41, 5.74) is 1.55. The third-order valence-corrected chi connectivity index (χ3v) is 3.96. The summed E-state index contributed by atoms with van der Waals surface area (Å²) in [4.78, 5) is 25.0. The molecule has 1 atom stereocenters. The Morgan fingerprint density at radius 1 is 1.47 bits per heavy atom. The molecule has 0 bridgehead atoms. The van der Waals surface area contributed by atoms with E-state index in [1.807, 2.05) is 25.1 Å². The molecule has 1 unspecified atom stereocenters. The lowest BCUT2D eigenvalue weighted by Gasteiger charge is -2.31. The molecule has 6 heteroatoms. The molecule has 0 aliphatic carbocycles. The van der Waals surface area contributed by atoms with Crippen molar-refractivity contribution in [2.45, 2.75) is 13.0 Å². The van der Waals surface area contributed by atoms with E-state index in [0.29, 0.717) is 12.1 Å². The molecule has 0 spiro atoms. The van der Waals surface area contributed by atoms with Gasteiger partial charge in [-0.05, 0) is 41.1 Å². The van der Waals surface area contributed by atoms with Crippen molar-refractivity contribution in [2.75, 3.05) is 19.7 Å². The van der Waals surface area contributed by atoms with Gasteiger partial charge < -0.3 is 14.7 Å². The largest absolute Gasteiger partial charge is 0.479 e. The van der Waals surface area contributed by atoms with Crippen molar-refractivity contribution in [1.82, 2.24) is 4.90 Å². The van der Waals surface area contributed by atoms with Crippen LogP contribution in [0.3, 0.4) is 0 Å². The van der Waals surface area contributed by atoms with Gasteiger partial charge in [0.05, 0.1) is 18.7 Å². The first-order valence-electron chi connectivity index (χ1n) is 5.89. The highest BCUT2D eigenvalue weighted by Crippen LogP contribution is 2.20. The summed E-state index contributed by atoms with van der Waals surface area (Å²) in [7, 11) is 0. The summed E-state index contributed by atoms with van der Waals surface area (Å²) in [5, 5.41) is 8.95. The molecule has 1 amide bonds. The number of hydrogen-bond acceptors (Lipinski definition) is 3. The van der Waals surface area contributed by atoms with Gasteiger partial charge in [0.15, 0.2) is 6.10 Å². The molecule has 1 heterocycles. The van der Waals surface area contributed by atoms with Crippen LogP contribution in [0.1, 0.15) is 15.9 Å². The number of rotatable bonds is 2. The lowest BCUT2D eigenvalue weighted by molar-refractivity contribution is -0.154. The highest BCUT2D eigenvalue weighted by molar-refractivity contribution is 14.1. The summed E-state index contributed by atoms with van der Waals surface area (Å²) in [5.74, 6) is -1.16. The van der Waals surface area contributed by atoms with Gasteiger partial charge in [-0.2, -0.15) is 0 Å². The maximum Gasteiger partial charge on any atom is 0.334 e. The fraction of sp³-hybridized carbons (Fsp3) is 0.385. The van der Waals surface area contributed by atoms with Crippen LogP contribution in [0.4, 0.5) is 0 Å². The van der Waals surface area contributed by atoms with Crippen LogP contribution >= 0.6 is 22.6 Å². The molecule has 0 radical (unpaired) electrons. The third kappa shape index (κ3) is 3.06. The van der Waals surface area contributed by atoms with Gasteiger partial charge in [0.2, 0.25) is 0 Å². The Morgan fingerprint density at radius 3 is 2.84 bits per heavy atom. The Labute approximate surface area is 124 Å². The topological polar surface area (TPSA) is 66.8 Å². The first-order valence-corrected chi connectivity index (χ1v) is 6.97. The Hall–Kier alpha value is -1.15. The Kier molecular flexibility index (Phi) is 4.41. The minimum Gasteiger partial charge on any atom is -0.479 e. The van der Waals surface area contributed by atoms with Gasteiger partial charge in [0.1, 0.15) is 0 Å². The van der Waals surface area contributed by atoms with Gasteiger partial charge in [-0.3, -0.25) is 4.79 Å². The normalized spacial score (nSPS) is 19.3. The molecule has 1 N–H and O–H groups in total. The molecule has 2 rings (SSSR count). The molecule has 1 aromatic carbocycles. The number of hydrogen-bond donors (Lipinski definition) is 1. The minimum atomic E-state index is -1.03. The molecule has 1 aromatic rings. The molecule has 1 aliphatic heterocycles. The zero-order valence-corrected chi connectivity index (χ0v) is 12.6. The van der Waals surface area contributed by atoms with Gasteiger partial charge in [0, 0.05) is 10.1 Å². The molecule has 5 nitrogen and oxygen atoms in total. The van der Waals surface area contributed by atoms with Gasteiger partial charge in [0.25, 0.3) is 5.91 Å². The van der Waals surface area contributed by atoms with E-state index in [-0.39, 0.29) is 19.1 Å². The van der Waals surface area contributed by atoms with Crippen LogP contribution in [0, 0.1) is 10.5 Å². The number of carbonyl (C=O) groups is 2. The number of morpholine rings is 1. The van der Waals surface area contributed by atoms with Crippen LogP contribution in [-0.4, -0.2) is 47.7 Å². The Balaban J connectivity index is 2.22. The average Bonchev–Trinajstić information content (AvgIpc) is 2.38. The fourth-order valence-electron chi connectivity index (χ4n) is 2.04. The number of amides is 1. The van der Waals surface area contributed by atoms with E-state index < -0.39 is 12.1 Å². The van der Waals surface area contributed by atoms with Crippen molar-refractivity contribution in [1.29, 1.82) is 0 Å². The second-order valence-corrected chi connectivity index (χ2v) is 5.54. The van der Waals surface area contributed by atoms with E-state index in [0.717, 1.165) is 9.13 Å². The summed E-state index contributed by atoms with van der Waals surface area (Å²) in [6.07, 6.45) is -0.931. The summed E-state index contributed by atoms with van der Waals surface area (Å²) in [6.45, 7) is 2.65. The van der Waals surface area contributed by atoms with E-state index in [4.69, 9.17) is 9.84 Å². The molecule has 0 aromatic heterocycles. The van der Waals surface area contributed by atoms with Gasteiger partial charge in [-0.15, -0.1) is 0 Å². The van der Waals surface area contributed by atoms with Gasteiger partial charge in [-0.25, -0.2) is 4.79 Å². The number of carbonyl (C=O) groups excluding carboxylic acids is 1. The number of carboxylic acid groups (broad SMARTS) is 1. The van der Waals surface area contributed by atoms with E-state index in [1.165, 1.54) is 0 Å². The van der Waals surface area contributed by atoms with Crippen molar-refractivity contribution in [3.63, 3.8) is 0 Å². The highest BCUT2D eigenvalue weighted by atomic mass is 127. The standard InChI is InChI=1S/C13H14INO4/c1-8-3-2-4-9(14)11(8)12(16)15-5-6-19-10(7-15)13(17)18/h2-4,10H,5-7H2,1H3,(H,17,18). The quantitative estimate of drug-likeness (QED) is 0.797. The zero-order valence-electron chi connectivity index (χ0n) is 10.4. The Morgan fingerprint density at radius 2 is 2.21 bits per heavy atom. The van der Waals surface area contributed by atoms with E-state index >= 15 is 0 Å². The van der Waals surface area contributed by atoms with Crippen LogP contribution in [0.2, 0.25) is 0 Å². The minimum absolute atomic E-state index is 0.0958. The second kappa shape index (κ2) is 5.87. The molecular weight excluding hydrogens is 361 g/mol. The van der Waals surface area contributed by atoms with Crippen molar-refractivity contribution < 1.29 is 19.4 Å². The first-order chi connectivity index (χ1) is 9.00. The monoisotopic (exact) mass is 375 g/mol. The SMILES string of the molecule is Cc1cccc(I)c1C(=O)N1CCOC(C(=O)O)C1. The molecule has 0 saturated carbocycles. The summed E-state index contributed by atoms with van der Waals surface area (Å²) in [6, 6.07) is 5.65. The predicted molar refractivity (Wildman–Crippen MR) is 77.2 cm³/mol. The number of aliphatic carboxylic acids is 1. The van der Waals surface area contributed by atoms with Crippen LogP contribution in [0.5, 0.6) is 0 Å². The number of ether oxygens (including phenoxy) is 1. The smallest absolute Gasteiger partial charge is 0.334 e. The van der Waals surface area contributed by atoms with Crippen molar-refractivity contribution in [3.8, 4) is 0 Å². The number of halogens is 1. The summed E-state index contributed by atoms with van der Waals surface area (Å²) >= 11 is 2.12. The average molecular weight is 375 g/mol. The lowest BCUT2D eigenvalue weighted by atomic mass is 10.1. The molecular formula is C13H14INO4. The van der Waals surface area contributed by atoms with Crippen molar-refractivity contribution in [2.24, 2.45) is 0 Å². The molecule has 1 saturated heterocycles. The number of aryl methyl sites for hydroxylation is 1. The molecule has 1 fully saturated rings. The lowest BCUT2D eigenvalue weighted by Crippen LogP contribution is -2.48. The number of carboxylic acids is 1. The maximum atomic E-state index is 12.5. The number of benzene rings is 1. The van der Waals surface area contributed by atoms with Gasteiger partial charge in [-0.1, -0.05) is 12.1 Å². The predicted octanol–water partition coefficient (Wildman–Crippen LogP) is 1.53. The van der Waals surface area contributed by atoms with Gasteiger partial charge >= 0.3 is 5.97 Å². The fourth-order valence-corrected chi connectivity index (χ4v) is 2.91. The van der Waals surface area contributed by atoms with E-state index in [9.17, 15) is 9.59 Å². The van der Waals surface area contributed by atoms with Crippen LogP contribution in [0.15, 0.2) is 18.2 Å². The van der Waals surface area contributed by atoms with Crippen LogP contribution in [-0.2, 0) is 9.53 Å². The van der Waals surface area contributed by atoms with Crippen molar-refractivity contribution in [3.05, 3.63) is 32.9 Å². The summed E-state index contributed by atoms with van der Waals surface area (Å²) < 4.78 is 6.00. The molecule has 102 valence electrons. The second-order valence-electron chi connectivity index (χ2n) is 4.38. The molecule has 19 heavy (non-hydrogen) atoms.